The Kier molecular flexibility index (Phi) is 10.8. The van der Waals surface area contributed by atoms with Gasteiger partial charge in [0.15, 0.2) is 0 Å². The van der Waals surface area contributed by atoms with Crippen LogP contribution in [0.5, 0.6) is 0 Å². The fraction of sp³-hybridized carbons (Fsp3) is 0. The third kappa shape index (κ3) is 7.25. The Morgan fingerprint density at radius 1 is 0.181 bits per heavy atom. The van der Waals surface area contributed by atoms with E-state index in [9.17, 15) is 10.5 Å². The topological polar surface area (TPSA) is 77.2 Å². The van der Waals surface area contributed by atoms with Gasteiger partial charge in [0.1, 0.15) is 12.1 Å². The lowest BCUT2D eigenvalue weighted by atomic mass is 9.99. The fourth-order valence-corrected chi connectivity index (χ4v) is 15.9. The molecule has 6 heterocycles. The molecule has 0 bridgehead atoms. The van der Waals surface area contributed by atoms with Crippen molar-refractivity contribution in [3.63, 3.8) is 0 Å². The largest absolute Gasteiger partial charge is 0.309 e. The quantitative estimate of drug-likeness (QED) is 0.159. The highest BCUT2D eigenvalue weighted by Crippen LogP contribution is 2.44. The maximum absolute atomic E-state index is 11.4. The van der Waals surface area contributed by atoms with Gasteiger partial charge in [-0.3, -0.25) is 0 Å². The predicted molar refractivity (Wildman–Crippen MR) is 387 cm³/mol. The van der Waals surface area contributed by atoms with Crippen molar-refractivity contribution in [2.24, 2.45) is 0 Å². The highest BCUT2D eigenvalue weighted by molar-refractivity contribution is 6.16. The van der Waals surface area contributed by atoms with E-state index in [1.807, 2.05) is 12.1 Å². The number of rotatable bonds is 7. The van der Waals surface area contributed by atoms with E-state index in [0.29, 0.717) is 11.1 Å². The molecule has 8 heteroatoms. The highest BCUT2D eigenvalue weighted by atomic mass is 15.0. The van der Waals surface area contributed by atoms with Crippen molar-refractivity contribution in [1.82, 2.24) is 27.4 Å². The Hall–Kier alpha value is -13.1. The second kappa shape index (κ2) is 19.7. The van der Waals surface area contributed by atoms with Crippen molar-refractivity contribution < 1.29 is 0 Å². The molecule has 0 radical (unpaired) electrons. The summed E-state index contributed by atoms with van der Waals surface area (Å²) in [4.78, 5) is 0. The number of fused-ring (bicyclic) bond motifs is 18. The van der Waals surface area contributed by atoms with Gasteiger partial charge in [0.25, 0.3) is 0 Å². The van der Waals surface area contributed by atoms with Gasteiger partial charge in [0.2, 0.25) is 0 Å². The van der Waals surface area contributed by atoms with Gasteiger partial charge < -0.3 is 27.4 Å². The number of para-hydroxylation sites is 8. The van der Waals surface area contributed by atoms with E-state index in [0.717, 1.165) is 133 Å². The first-order chi connectivity index (χ1) is 46.6. The predicted octanol–water partition coefficient (Wildman–Crippen LogP) is 21.7. The third-order valence-corrected chi connectivity index (χ3v) is 19.9. The Morgan fingerprint density at radius 2 is 0.383 bits per heavy atom. The zero-order chi connectivity index (χ0) is 61.9. The summed E-state index contributed by atoms with van der Waals surface area (Å²) in [6, 6.07) is 114. The molecule has 0 amide bonds. The molecule has 0 spiro atoms. The smallest absolute Gasteiger partial charge is 0.101 e. The molecule has 0 saturated heterocycles. The van der Waals surface area contributed by atoms with Crippen LogP contribution >= 0.6 is 0 Å². The van der Waals surface area contributed by atoms with Gasteiger partial charge in [-0.15, -0.1) is 0 Å². The highest BCUT2D eigenvalue weighted by Gasteiger charge is 2.24. The molecule has 0 aliphatic carbocycles. The van der Waals surface area contributed by atoms with Gasteiger partial charge in [-0.25, -0.2) is 0 Å². The van der Waals surface area contributed by atoms with Crippen molar-refractivity contribution in [3.8, 4) is 57.4 Å². The maximum atomic E-state index is 11.4. The van der Waals surface area contributed by atoms with E-state index in [4.69, 9.17) is 0 Å². The lowest BCUT2D eigenvalue weighted by Gasteiger charge is -2.16. The molecule has 20 aromatic rings. The number of benzene rings is 14. The fourth-order valence-electron chi connectivity index (χ4n) is 15.9. The Morgan fingerprint density at radius 3 is 0.596 bits per heavy atom. The average Bonchev–Trinajstić information content (AvgIpc) is 1.56. The summed E-state index contributed by atoms with van der Waals surface area (Å²) in [5.74, 6) is 0. The molecule has 0 fully saturated rings. The van der Waals surface area contributed by atoms with Gasteiger partial charge in [0, 0.05) is 87.4 Å². The van der Waals surface area contributed by atoms with Crippen LogP contribution in [0, 0.1) is 22.7 Å². The molecular weight excluding hydrogens is 1150 g/mol. The van der Waals surface area contributed by atoms with E-state index in [1.54, 1.807) is 0 Å². The normalized spacial score (nSPS) is 12.0. The molecule has 8 nitrogen and oxygen atoms in total. The van der Waals surface area contributed by atoms with Crippen LogP contribution in [0.2, 0.25) is 0 Å². The van der Waals surface area contributed by atoms with Crippen LogP contribution in [0.3, 0.4) is 0 Å². The van der Waals surface area contributed by atoms with Crippen molar-refractivity contribution >= 4 is 131 Å². The maximum Gasteiger partial charge on any atom is 0.101 e. The number of nitriles is 2. The number of hydrogen-bond acceptors (Lipinski definition) is 2. The molecule has 0 aliphatic heterocycles. The average molecular weight is 1200 g/mol. The first kappa shape index (κ1) is 51.7. The lowest BCUT2D eigenvalue weighted by molar-refractivity contribution is 1.13. The van der Waals surface area contributed by atoms with Crippen LogP contribution in [0.4, 0.5) is 0 Å². The van der Waals surface area contributed by atoms with Crippen molar-refractivity contribution in [3.05, 3.63) is 314 Å². The monoisotopic (exact) mass is 1190 g/mol. The van der Waals surface area contributed by atoms with Crippen LogP contribution in [0.1, 0.15) is 11.1 Å². The van der Waals surface area contributed by atoms with Crippen LogP contribution in [0.25, 0.3) is 176 Å². The zero-order valence-corrected chi connectivity index (χ0v) is 50.4. The van der Waals surface area contributed by atoms with Gasteiger partial charge in [-0.1, -0.05) is 182 Å². The van der Waals surface area contributed by atoms with Crippen LogP contribution in [0.15, 0.2) is 303 Å². The van der Waals surface area contributed by atoms with Gasteiger partial charge >= 0.3 is 0 Å². The molecule has 0 unspecified atom stereocenters. The minimum atomic E-state index is 0.526. The number of nitrogens with zero attached hydrogens (tertiary/aromatic N) is 8. The summed E-state index contributed by atoms with van der Waals surface area (Å²) in [6.45, 7) is 0. The summed E-state index contributed by atoms with van der Waals surface area (Å²) >= 11 is 0. The lowest BCUT2D eigenvalue weighted by Crippen LogP contribution is -2.02. The second-order valence-electron chi connectivity index (χ2n) is 24.6. The molecule has 14 aromatic carbocycles. The van der Waals surface area contributed by atoms with Crippen molar-refractivity contribution in [2.75, 3.05) is 0 Å². The summed E-state index contributed by atoms with van der Waals surface area (Å²) in [7, 11) is 0. The summed E-state index contributed by atoms with van der Waals surface area (Å²) in [5, 5.41) is 36.6. The Labute approximate surface area is 537 Å². The van der Waals surface area contributed by atoms with Crippen molar-refractivity contribution in [2.45, 2.75) is 0 Å². The molecule has 0 saturated carbocycles. The van der Waals surface area contributed by atoms with Gasteiger partial charge in [0.05, 0.1) is 88.7 Å². The van der Waals surface area contributed by atoms with Crippen molar-refractivity contribution in [1.29, 1.82) is 10.5 Å². The molecule has 6 aromatic heterocycles. The van der Waals surface area contributed by atoms with E-state index in [1.165, 1.54) is 43.1 Å². The summed E-state index contributed by atoms with van der Waals surface area (Å²) in [6.07, 6.45) is 0. The van der Waals surface area contributed by atoms with E-state index in [-0.39, 0.29) is 0 Å². The van der Waals surface area contributed by atoms with Crippen LogP contribution in [-0.4, -0.2) is 27.4 Å². The number of aromatic nitrogens is 6. The molecule has 94 heavy (non-hydrogen) atoms. The minimum Gasteiger partial charge on any atom is -0.309 e. The molecule has 0 aliphatic rings. The molecule has 434 valence electrons. The Balaban J connectivity index is 0.838. The van der Waals surface area contributed by atoms with E-state index < -0.39 is 0 Å². The number of hydrogen-bond donors (Lipinski definition) is 0. The summed E-state index contributed by atoms with van der Waals surface area (Å²) < 4.78 is 14.1. The molecule has 20 rings (SSSR count). The first-order valence-corrected chi connectivity index (χ1v) is 31.8. The Bertz CT molecular complexity index is 5810. The SMILES string of the molecule is N#Cc1ccc(-c2ccc(C#N)c(-n3c4cc(-n5c6ccccc6c6ccccc65)ccc4c4ccc(-n5c6ccccc6c6ccccc65)cc43)c2)cc1-n1c2cc(-n3c4ccccc4c4ccccc43)ccc2c2ccc(-n3c4ccccc4c4ccccc43)cc21. The van der Waals surface area contributed by atoms with Gasteiger partial charge in [-0.05, 0) is 132 Å². The molecule has 0 atom stereocenters. The van der Waals surface area contributed by atoms with Crippen LogP contribution < -0.4 is 0 Å². The standard InChI is InChI=1S/C86H50N8/c87-51-55-35-33-53(45-81(55)93-83-47-57(89-73-25-9-1-17-61(73)62-18-2-10-26-74(62)89)37-41-69(83)70-42-38-58(48-84(70)93)90-75-27-11-3-19-63(75)64-20-4-12-28-76(64)90)54-34-36-56(52-88)82(46-54)94-85-49-59(91-77-29-13-5-21-65(77)66-22-6-14-30-78(66)91)39-43-71(85)72-44-40-60(50-86(72)94)92-79-31-15-7-23-67(79)68-24-8-16-32-80(68)92/h1-50H. The second-order valence-corrected chi connectivity index (χ2v) is 24.6. The van der Waals surface area contributed by atoms with Gasteiger partial charge in [-0.2, -0.15) is 10.5 Å². The molecular formula is C86H50N8. The molecule has 0 N–H and O–H groups in total. The zero-order valence-electron chi connectivity index (χ0n) is 50.4. The first-order valence-electron chi connectivity index (χ1n) is 31.8. The van der Waals surface area contributed by atoms with E-state index in [2.05, 4.69) is 331 Å². The minimum absolute atomic E-state index is 0.526. The van der Waals surface area contributed by atoms with Crippen LogP contribution in [-0.2, 0) is 0 Å². The van der Waals surface area contributed by atoms with E-state index >= 15 is 0 Å². The third-order valence-electron chi connectivity index (χ3n) is 19.9. The summed E-state index contributed by atoms with van der Waals surface area (Å²) in [5.41, 5.74) is 21.2.